The highest BCUT2D eigenvalue weighted by Crippen LogP contribution is 2.21. The van der Waals surface area contributed by atoms with Crippen LogP contribution in [0, 0.1) is 5.92 Å². The van der Waals surface area contributed by atoms with Crippen molar-refractivity contribution in [2.75, 3.05) is 26.4 Å². The van der Waals surface area contributed by atoms with Crippen LogP contribution in [0.3, 0.4) is 0 Å². The van der Waals surface area contributed by atoms with Gasteiger partial charge < -0.3 is 38.2 Å². The number of carbonyl (C=O) groups is 2. The molecule has 0 bridgehead atoms. The van der Waals surface area contributed by atoms with Gasteiger partial charge in [0, 0.05) is 31.6 Å². The quantitative estimate of drug-likeness (QED) is 0.122. The topological polar surface area (TPSA) is 69.0 Å². The number of nitrogens with zero attached hydrogens (tertiary/aromatic N) is 2. The minimum Gasteiger partial charge on any atom is -1.00 e. The maximum atomic E-state index is 12.6. The number of rotatable bonds is 20. The van der Waals surface area contributed by atoms with Crippen LogP contribution >= 0.6 is 0 Å². The first-order valence-electron chi connectivity index (χ1n) is 15.2. The number of halogens is 1. The Morgan fingerprint density at radius 3 is 2.21 bits per heavy atom. The van der Waals surface area contributed by atoms with Crippen molar-refractivity contribution in [2.24, 2.45) is 5.92 Å². The van der Waals surface area contributed by atoms with Gasteiger partial charge in [-0.15, -0.1) is 0 Å². The maximum Gasteiger partial charge on any atom is 0.417 e. The van der Waals surface area contributed by atoms with Gasteiger partial charge >= 0.3 is 6.09 Å². The highest BCUT2D eigenvalue weighted by Gasteiger charge is 2.29. The second-order valence-electron chi connectivity index (χ2n) is 10.7. The number of hydrogen-bond acceptors (Lipinski definition) is 5. The summed E-state index contributed by atoms with van der Waals surface area (Å²) in [5, 5.41) is 0. The molecule has 2 rings (SSSR count). The minimum atomic E-state index is -0.626. The molecule has 224 valence electrons. The molecule has 0 spiro atoms. The Hall–Kier alpha value is -1.26. The van der Waals surface area contributed by atoms with E-state index < -0.39 is 6.09 Å². The Morgan fingerprint density at radius 1 is 0.949 bits per heavy atom. The van der Waals surface area contributed by atoms with Gasteiger partial charge in [-0.05, 0) is 19.8 Å². The zero-order chi connectivity index (χ0) is 27.4. The predicted octanol–water partition coefficient (Wildman–Crippen LogP) is 3.61. The van der Waals surface area contributed by atoms with Crippen LogP contribution in [-0.4, -0.2) is 49.4 Å². The average molecular weight is 661 g/mol. The summed E-state index contributed by atoms with van der Waals surface area (Å²) < 4.78 is 19.2. The van der Waals surface area contributed by atoms with Crippen molar-refractivity contribution in [3.05, 3.63) is 30.1 Å². The van der Waals surface area contributed by atoms with Gasteiger partial charge in [0.2, 0.25) is 11.6 Å². The highest BCUT2D eigenvalue weighted by molar-refractivity contribution is 5.90. The molecule has 0 aliphatic carbocycles. The molecule has 1 fully saturated rings. The Kier molecular flexibility index (Phi) is 20.6. The summed E-state index contributed by atoms with van der Waals surface area (Å²) in [6.07, 6.45) is 18.1. The van der Waals surface area contributed by atoms with Crippen LogP contribution in [-0.2, 0) is 32.1 Å². The van der Waals surface area contributed by atoms with Crippen LogP contribution < -0.4 is 28.5 Å². The number of aromatic nitrogens is 1. The molecule has 0 N–H and O–H groups in total. The summed E-state index contributed by atoms with van der Waals surface area (Å²) in [4.78, 5) is 25.9. The smallest absolute Gasteiger partial charge is 0.417 e. The molecule has 2 heterocycles. The van der Waals surface area contributed by atoms with Crippen molar-refractivity contribution in [3.63, 3.8) is 0 Å². The van der Waals surface area contributed by atoms with Gasteiger partial charge in [-0.3, -0.25) is 4.79 Å². The van der Waals surface area contributed by atoms with Crippen LogP contribution in [0.2, 0.25) is 0 Å². The number of ether oxygens (including phenoxy) is 3. The lowest BCUT2D eigenvalue weighted by atomic mass is 10.1. The Balaban J connectivity index is 0.00000760. The molecule has 1 aromatic heterocycles. The molecular weight excluding hydrogens is 607 g/mol. The van der Waals surface area contributed by atoms with E-state index in [4.69, 9.17) is 14.2 Å². The van der Waals surface area contributed by atoms with Crippen LogP contribution in [0.4, 0.5) is 4.79 Å². The summed E-state index contributed by atoms with van der Waals surface area (Å²) in [6.45, 7) is 8.89. The van der Waals surface area contributed by atoms with Crippen molar-refractivity contribution in [2.45, 2.75) is 123 Å². The van der Waals surface area contributed by atoms with Crippen LogP contribution in [0.25, 0.3) is 0 Å². The molecule has 7 nitrogen and oxygen atoms in total. The van der Waals surface area contributed by atoms with E-state index in [1.807, 2.05) is 35.9 Å². The fourth-order valence-corrected chi connectivity index (χ4v) is 4.98. The lowest BCUT2D eigenvalue weighted by molar-refractivity contribution is -0.701. The first-order chi connectivity index (χ1) is 18.5. The number of imide groups is 1. The third-order valence-corrected chi connectivity index (χ3v) is 7.35. The third-order valence-electron chi connectivity index (χ3n) is 7.35. The first kappa shape index (κ1) is 35.8. The summed E-state index contributed by atoms with van der Waals surface area (Å²) in [5.41, 5.74) is 0.879. The van der Waals surface area contributed by atoms with E-state index in [1.54, 1.807) is 0 Å². The summed E-state index contributed by atoms with van der Waals surface area (Å²) in [6, 6.07) is 5.74. The fraction of sp³-hybridized carbons (Fsp3) is 0.774. The summed E-state index contributed by atoms with van der Waals surface area (Å²) in [5.74, 6) is -0.00861. The van der Waals surface area contributed by atoms with Crippen molar-refractivity contribution in [1.82, 2.24) is 4.90 Å². The molecule has 8 heteroatoms. The maximum absolute atomic E-state index is 12.6. The van der Waals surface area contributed by atoms with Gasteiger partial charge in [-0.25, -0.2) is 14.3 Å². The second-order valence-corrected chi connectivity index (χ2v) is 10.7. The lowest BCUT2D eigenvalue weighted by Gasteiger charge is -2.19. The second kappa shape index (κ2) is 22.4. The molecule has 1 aliphatic heterocycles. The van der Waals surface area contributed by atoms with Gasteiger partial charge in [0.1, 0.15) is 19.7 Å². The summed E-state index contributed by atoms with van der Waals surface area (Å²) in [7, 11) is 0. The van der Waals surface area contributed by atoms with Gasteiger partial charge in [-0.2, -0.15) is 0 Å². The number of aryl methyl sites for hydroxylation is 1. The van der Waals surface area contributed by atoms with E-state index >= 15 is 0 Å². The molecule has 0 saturated carbocycles. The van der Waals surface area contributed by atoms with Gasteiger partial charge in [0.05, 0.1) is 19.3 Å². The van der Waals surface area contributed by atoms with Crippen molar-refractivity contribution >= 4 is 12.0 Å². The number of pyridine rings is 1. The first-order valence-corrected chi connectivity index (χ1v) is 15.2. The molecule has 1 aromatic rings. The number of unbranched alkanes of at least 4 members (excludes halogenated alkanes) is 11. The third kappa shape index (κ3) is 15.4. The van der Waals surface area contributed by atoms with Gasteiger partial charge in [-0.1, -0.05) is 83.6 Å². The fourth-order valence-electron chi connectivity index (χ4n) is 4.98. The monoisotopic (exact) mass is 660 g/mol. The SMILES string of the molecule is CCCCCCCCCCCCCCOCC1COC(COC(=O)N(Cc2cccc[n+]2CC)C(C)=O)C1.[I-]. The van der Waals surface area contributed by atoms with E-state index in [0.717, 1.165) is 36.6 Å². The van der Waals surface area contributed by atoms with Crippen LogP contribution in [0.15, 0.2) is 24.4 Å². The molecule has 0 radical (unpaired) electrons. The molecular formula is C31H53IN2O5. The van der Waals surface area contributed by atoms with E-state index in [9.17, 15) is 9.59 Å². The Morgan fingerprint density at radius 2 is 1.59 bits per heavy atom. The van der Waals surface area contributed by atoms with Gasteiger partial charge in [0.25, 0.3) is 0 Å². The van der Waals surface area contributed by atoms with Crippen molar-refractivity contribution < 1.29 is 52.3 Å². The zero-order valence-electron chi connectivity index (χ0n) is 24.7. The molecule has 2 atom stereocenters. The molecule has 1 aliphatic rings. The molecule has 2 amide bonds. The van der Waals surface area contributed by atoms with Crippen molar-refractivity contribution in [1.29, 1.82) is 0 Å². The zero-order valence-corrected chi connectivity index (χ0v) is 26.9. The molecule has 39 heavy (non-hydrogen) atoms. The lowest BCUT2D eigenvalue weighted by Crippen LogP contribution is -3.00. The normalized spacial score (nSPS) is 16.6. The molecule has 0 aromatic carbocycles. The van der Waals surface area contributed by atoms with Crippen molar-refractivity contribution in [3.8, 4) is 0 Å². The van der Waals surface area contributed by atoms with E-state index in [2.05, 4.69) is 6.92 Å². The molecule has 2 unspecified atom stereocenters. The van der Waals surface area contributed by atoms with E-state index in [1.165, 1.54) is 77.6 Å². The number of carbonyl (C=O) groups excluding carboxylic acids is 2. The Labute approximate surface area is 254 Å². The molecule has 1 saturated heterocycles. The van der Waals surface area contributed by atoms with Gasteiger partial charge in [0.15, 0.2) is 6.20 Å². The highest BCUT2D eigenvalue weighted by atomic mass is 127. The predicted molar refractivity (Wildman–Crippen MR) is 150 cm³/mol. The number of hydrogen-bond donors (Lipinski definition) is 0. The van der Waals surface area contributed by atoms with E-state index in [-0.39, 0.29) is 49.1 Å². The minimum absolute atomic E-state index is 0. The average Bonchev–Trinajstić information content (AvgIpc) is 3.38. The standard InChI is InChI=1S/C31H53N2O5.HI/c1-4-6-7-8-9-10-11-12-13-14-15-18-21-36-24-28-22-30(37-25-28)26-38-31(35)33(27(3)34)23-29-19-16-17-20-32(29)5-2;/h16-17,19-20,28,30H,4-15,18,21-26H2,1-3H3;1H/q+1;/p-1. The summed E-state index contributed by atoms with van der Waals surface area (Å²) >= 11 is 0. The Bertz CT molecular complexity index is 794. The largest absolute Gasteiger partial charge is 1.00 e. The van der Waals surface area contributed by atoms with Crippen LogP contribution in [0.5, 0.6) is 0 Å². The number of amides is 2. The van der Waals surface area contributed by atoms with E-state index in [0.29, 0.717) is 19.1 Å². The van der Waals surface area contributed by atoms with Crippen LogP contribution in [0.1, 0.15) is 110 Å².